The number of hydrogen-bond donors (Lipinski definition) is 2. The minimum atomic E-state index is -0.741. The lowest BCUT2D eigenvalue weighted by molar-refractivity contribution is -0.140. The van der Waals surface area contributed by atoms with Crippen molar-refractivity contribution < 1.29 is 9.90 Å². The number of halogens is 1. The first kappa shape index (κ1) is 11.6. The highest BCUT2D eigenvalue weighted by Crippen LogP contribution is 2.25. The van der Waals surface area contributed by atoms with E-state index in [-0.39, 0.29) is 5.92 Å². The van der Waals surface area contributed by atoms with Gasteiger partial charge in [0.05, 0.1) is 0 Å². The predicted molar refractivity (Wildman–Crippen MR) is 65.4 cm³/mol. The minimum absolute atomic E-state index is 0.191. The van der Waals surface area contributed by atoms with E-state index in [1.807, 2.05) is 24.3 Å². The summed E-state index contributed by atoms with van der Waals surface area (Å²) in [5.41, 5.74) is 1.18. The molecule has 1 aromatic carbocycles. The lowest BCUT2D eigenvalue weighted by Crippen LogP contribution is -2.36. The Hall–Kier alpha value is -0.870. The Morgan fingerprint density at radius 1 is 1.50 bits per heavy atom. The van der Waals surface area contributed by atoms with Gasteiger partial charge in [-0.25, -0.2) is 0 Å². The Labute approximate surface area is 103 Å². The van der Waals surface area contributed by atoms with Crippen molar-refractivity contribution in [3.05, 3.63) is 34.3 Å². The molecule has 0 bridgehead atoms. The standard InChI is InChI=1S/C12H14BrNO2/c13-10-4-2-1-3-8(10)7-9-5-6-14-11(9)12(15)16/h1-4,9,11,14H,5-7H2,(H,15,16)/t9?,11-/m0/s1. The van der Waals surface area contributed by atoms with Crippen LogP contribution in [0.5, 0.6) is 0 Å². The van der Waals surface area contributed by atoms with Crippen molar-refractivity contribution in [2.24, 2.45) is 5.92 Å². The van der Waals surface area contributed by atoms with E-state index in [1.54, 1.807) is 0 Å². The van der Waals surface area contributed by atoms with Gasteiger partial charge in [-0.3, -0.25) is 4.79 Å². The van der Waals surface area contributed by atoms with Crippen LogP contribution in [0.3, 0.4) is 0 Å². The maximum Gasteiger partial charge on any atom is 0.320 e. The number of aliphatic carboxylic acids is 1. The summed E-state index contributed by atoms with van der Waals surface area (Å²) in [7, 11) is 0. The van der Waals surface area contributed by atoms with Crippen LogP contribution in [0.15, 0.2) is 28.7 Å². The van der Waals surface area contributed by atoms with E-state index in [9.17, 15) is 4.79 Å². The number of nitrogens with one attached hydrogen (secondary N) is 1. The highest BCUT2D eigenvalue weighted by molar-refractivity contribution is 9.10. The summed E-state index contributed by atoms with van der Waals surface area (Å²) < 4.78 is 1.06. The highest BCUT2D eigenvalue weighted by Gasteiger charge is 2.32. The highest BCUT2D eigenvalue weighted by atomic mass is 79.9. The second kappa shape index (κ2) is 4.97. The number of benzene rings is 1. The van der Waals surface area contributed by atoms with Crippen LogP contribution in [-0.4, -0.2) is 23.7 Å². The van der Waals surface area contributed by atoms with Crippen LogP contribution in [-0.2, 0) is 11.2 Å². The summed E-state index contributed by atoms with van der Waals surface area (Å²) in [6.45, 7) is 0.798. The molecule has 1 aliphatic heterocycles. The molecule has 86 valence electrons. The molecule has 3 nitrogen and oxygen atoms in total. The zero-order valence-corrected chi connectivity index (χ0v) is 10.4. The Bertz CT molecular complexity index is 394. The first-order valence-electron chi connectivity index (χ1n) is 5.38. The van der Waals surface area contributed by atoms with E-state index >= 15 is 0 Å². The van der Waals surface area contributed by atoms with Crippen molar-refractivity contribution in [2.75, 3.05) is 6.54 Å². The van der Waals surface area contributed by atoms with E-state index in [4.69, 9.17) is 5.11 Å². The summed E-state index contributed by atoms with van der Waals surface area (Å²) in [6, 6.07) is 7.59. The largest absolute Gasteiger partial charge is 0.480 e. The lowest BCUT2D eigenvalue weighted by atomic mass is 9.93. The van der Waals surface area contributed by atoms with Gasteiger partial charge in [-0.15, -0.1) is 0 Å². The summed E-state index contributed by atoms with van der Waals surface area (Å²) >= 11 is 3.49. The van der Waals surface area contributed by atoms with Crippen molar-refractivity contribution in [1.82, 2.24) is 5.32 Å². The molecule has 1 unspecified atom stereocenters. The number of carbonyl (C=O) groups is 1. The normalized spacial score (nSPS) is 24.6. The first-order valence-corrected chi connectivity index (χ1v) is 6.17. The molecule has 1 saturated heterocycles. The fourth-order valence-corrected chi connectivity index (χ4v) is 2.66. The number of carboxylic acids is 1. The van der Waals surface area contributed by atoms with Crippen molar-refractivity contribution in [1.29, 1.82) is 0 Å². The molecular weight excluding hydrogens is 270 g/mol. The molecule has 0 saturated carbocycles. The van der Waals surface area contributed by atoms with Gasteiger partial charge in [0.2, 0.25) is 0 Å². The third-order valence-corrected chi connectivity index (χ3v) is 3.83. The third kappa shape index (κ3) is 2.44. The van der Waals surface area contributed by atoms with Gasteiger partial charge in [0.15, 0.2) is 0 Å². The molecule has 4 heteroatoms. The van der Waals surface area contributed by atoms with E-state index in [0.717, 1.165) is 23.9 Å². The Balaban J connectivity index is 2.10. The zero-order chi connectivity index (χ0) is 11.5. The number of rotatable bonds is 3. The van der Waals surface area contributed by atoms with Crippen molar-refractivity contribution in [3.63, 3.8) is 0 Å². The summed E-state index contributed by atoms with van der Waals surface area (Å²) in [4.78, 5) is 11.0. The van der Waals surface area contributed by atoms with Crippen LogP contribution in [0.4, 0.5) is 0 Å². The molecule has 2 rings (SSSR count). The van der Waals surface area contributed by atoms with Crippen LogP contribution in [0, 0.1) is 5.92 Å². The van der Waals surface area contributed by atoms with Gasteiger partial charge in [0, 0.05) is 4.47 Å². The molecule has 0 amide bonds. The van der Waals surface area contributed by atoms with Crippen molar-refractivity contribution in [2.45, 2.75) is 18.9 Å². The maximum atomic E-state index is 11.0. The molecule has 1 fully saturated rings. The van der Waals surface area contributed by atoms with Gasteiger partial charge in [-0.1, -0.05) is 34.1 Å². The Kier molecular flexibility index (Phi) is 3.61. The predicted octanol–water partition coefficient (Wildman–Crippen LogP) is 2.05. The maximum absolute atomic E-state index is 11.0. The average Bonchev–Trinajstić information content (AvgIpc) is 2.69. The van der Waals surface area contributed by atoms with Gasteiger partial charge in [0.1, 0.15) is 6.04 Å². The third-order valence-electron chi connectivity index (χ3n) is 3.06. The van der Waals surface area contributed by atoms with Gasteiger partial charge >= 0.3 is 5.97 Å². The second-order valence-corrected chi connectivity index (χ2v) is 4.97. The van der Waals surface area contributed by atoms with Crippen molar-refractivity contribution >= 4 is 21.9 Å². The molecule has 0 spiro atoms. The number of hydrogen-bond acceptors (Lipinski definition) is 2. The topological polar surface area (TPSA) is 49.3 Å². The van der Waals surface area contributed by atoms with Crippen LogP contribution in [0.2, 0.25) is 0 Å². The van der Waals surface area contributed by atoms with Crippen molar-refractivity contribution in [3.8, 4) is 0 Å². The second-order valence-electron chi connectivity index (χ2n) is 4.11. The van der Waals surface area contributed by atoms with Gasteiger partial charge < -0.3 is 10.4 Å². The lowest BCUT2D eigenvalue weighted by Gasteiger charge is -2.16. The van der Waals surface area contributed by atoms with Gasteiger partial charge in [-0.2, -0.15) is 0 Å². The van der Waals surface area contributed by atoms with Gasteiger partial charge in [0.25, 0.3) is 0 Å². The van der Waals surface area contributed by atoms with Gasteiger partial charge in [-0.05, 0) is 36.9 Å². The monoisotopic (exact) mass is 283 g/mol. The first-order chi connectivity index (χ1) is 7.68. The fourth-order valence-electron chi connectivity index (χ4n) is 2.21. The SMILES string of the molecule is O=C(O)[C@H]1NCCC1Cc1ccccc1Br. The molecule has 0 aliphatic carbocycles. The van der Waals surface area contributed by atoms with E-state index in [2.05, 4.69) is 21.2 Å². The van der Waals surface area contributed by atoms with E-state index in [1.165, 1.54) is 5.56 Å². The molecular formula is C12H14BrNO2. The number of carboxylic acid groups (broad SMARTS) is 1. The summed E-state index contributed by atoms with van der Waals surface area (Å²) in [5.74, 6) is -0.550. The fraction of sp³-hybridized carbons (Fsp3) is 0.417. The smallest absolute Gasteiger partial charge is 0.320 e. The molecule has 16 heavy (non-hydrogen) atoms. The minimum Gasteiger partial charge on any atom is -0.480 e. The van der Waals surface area contributed by atoms with Crippen LogP contribution >= 0.6 is 15.9 Å². The molecule has 2 atom stereocenters. The molecule has 1 aromatic rings. The summed E-state index contributed by atoms with van der Waals surface area (Å²) in [5, 5.41) is 12.1. The molecule has 1 heterocycles. The molecule has 2 N–H and O–H groups in total. The molecule has 0 radical (unpaired) electrons. The average molecular weight is 284 g/mol. The van der Waals surface area contributed by atoms with Crippen LogP contribution < -0.4 is 5.32 Å². The Morgan fingerprint density at radius 3 is 2.94 bits per heavy atom. The summed E-state index contributed by atoms with van der Waals surface area (Å²) in [6.07, 6.45) is 1.74. The van der Waals surface area contributed by atoms with E-state index < -0.39 is 12.0 Å². The zero-order valence-electron chi connectivity index (χ0n) is 8.82. The quantitative estimate of drug-likeness (QED) is 0.893. The van der Waals surface area contributed by atoms with Crippen LogP contribution in [0.25, 0.3) is 0 Å². The molecule has 0 aromatic heterocycles. The van der Waals surface area contributed by atoms with Crippen LogP contribution in [0.1, 0.15) is 12.0 Å². The molecule has 1 aliphatic rings. The van der Waals surface area contributed by atoms with E-state index in [0.29, 0.717) is 0 Å². The Morgan fingerprint density at radius 2 is 2.25 bits per heavy atom.